The van der Waals surface area contributed by atoms with E-state index in [2.05, 4.69) is 11.4 Å². The van der Waals surface area contributed by atoms with Crippen LogP contribution >= 0.6 is 0 Å². The first kappa shape index (κ1) is 15.5. The molecule has 0 radical (unpaired) electrons. The lowest BCUT2D eigenvalue weighted by Gasteiger charge is -1.91. The zero-order chi connectivity index (χ0) is 11.4. The third kappa shape index (κ3) is 17.2. The van der Waals surface area contributed by atoms with E-state index in [9.17, 15) is 17.6 Å². The van der Waals surface area contributed by atoms with E-state index in [1.165, 1.54) is 4.89 Å². The number of hydrogen-bond acceptors (Lipinski definition) is 4. The summed E-state index contributed by atoms with van der Waals surface area (Å²) in [6, 6.07) is 0. The lowest BCUT2D eigenvalue weighted by Crippen LogP contribution is -2.15. The van der Waals surface area contributed by atoms with Crippen molar-refractivity contribution in [3.63, 3.8) is 0 Å². The van der Waals surface area contributed by atoms with E-state index in [-0.39, 0.29) is 6.67 Å². The fourth-order valence-corrected chi connectivity index (χ4v) is 0.422. The molecule has 0 fully saturated rings. The Kier molecular flexibility index (Phi) is 13.4. The lowest BCUT2D eigenvalue weighted by molar-refractivity contribution is -0.140. The van der Waals surface area contributed by atoms with Crippen LogP contribution in [0.2, 0.25) is 0 Å². The van der Waals surface area contributed by atoms with Crippen molar-refractivity contribution in [3.05, 3.63) is 12.7 Å². The molecule has 0 aromatic rings. The molecule has 7 heteroatoms. The molecule has 14 heavy (non-hydrogen) atoms. The molecule has 0 aliphatic heterocycles. The van der Waals surface area contributed by atoms with Gasteiger partial charge < -0.3 is 4.84 Å². The van der Waals surface area contributed by atoms with Crippen molar-refractivity contribution in [1.29, 1.82) is 0 Å². The number of nitrogens with one attached hydrogen (secondary N) is 1. The molecule has 0 rings (SSSR count). The van der Waals surface area contributed by atoms with E-state index in [0.717, 1.165) is 18.9 Å². The number of unbranched alkanes of at least 4 members (excludes halogenated alkanes) is 1. The van der Waals surface area contributed by atoms with Gasteiger partial charge in [0.05, 0.1) is 6.67 Å². The number of rotatable bonds is 5. The summed E-state index contributed by atoms with van der Waals surface area (Å²) in [6.07, 6.45) is 2.53. The Labute approximate surface area is 84.0 Å². The molecule has 1 N–H and O–H groups in total. The minimum absolute atomic E-state index is 0.156. The summed E-state index contributed by atoms with van der Waals surface area (Å²) in [7, 11) is -2.88. The van der Waals surface area contributed by atoms with Crippen molar-refractivity contribution in [1.82, 2.24) is 4.89 Å². The molecule has 0 saturated heterocycles. The van der Waals surface area contributed by atoms with Crippen molar-refractivity contribution < 1.29 is 22.4 Å². The molecule has 0 aromatic carbocycles. The SMILES string of the molecule is C=CC(=O)ON[SH](=O)=O.CCCCF. The van der Waals surface area contributed by atoms with Gasteiger partial charge in [0.2, 0.25) is 10.9 Å². The van der Waals surface area contributed by atoms with E-state index in [1.807, 2.05) is 6.92 Å². The van der Waals surface area contributed by atoms with Gasteiger partial charge in [-0.05, 0) is 11.3 Å². The second kappa shape index (κ2) is 12.0. The largest absolute Gasteiger partial charge is 0.352 e. The summed E-state index contributed by atoms with van der Waals surface area (Å²) in [4.78, 5) is 15.3. The molecule has 0 spiro atoms. The van der Waals surface area contributed by atoms with Crippen LogP contribution in [0, 0.1) is 0 Å². The molecule has 0 saturated carbocycles. The van der Waals surface area contributed by atoms with Crippen LogP contribution in [0.3, 0.4) is 0 Å². The van der Waals surface area contributed by atoms with Crippen LogP contribution in [0.5, 0.6) is 0 Å². The van der Waals surface area contributed by atoms with Crippen LogP contribution in [0.1, 0.15) is 19.8 Å². The van der Waals surface area contributed by atoms with Gasteiger partial charge in [0.15, 0.2) is 0 Å². The molecule has 0 bridgehead atoms. The third-order valence-corrected chi connectivity index (χ3v) is 1.11. The highest BCUT2D eigenvalue weighted by Gasteiger charge is 1.92. The molecule has 0 heterocycles. The molecule has 0 atom stereocenters. The second-order valence-electron chi connectivity index (χ2n) is 2.02. The Balaban J connectivity index is 0. The number of carbonyl (C=O) groups is 1. The van der Waals surface area contributed by atoms with Gasteiger partial charge in [0.25, 0.3) is 0 Å². The Morgan fingerprint density at radius 1 is 1.64 bits per heavy atom. The first-order valence-corrected chi connectivity index (χ1v) is 5.05. The van der Waals surface area contributed by atoms with Crippen molar-refractivity contribution in [2.75, 3.05) is 6.67 Å². The number of carbonyl (C=O) groups excluding carboxylic acids is 1. The molecule has 84 valence electrons. The number of halogens is 1. The van der Waals surface area contributed by atoms with Gasteiger partial charge in [-0.3, -0.25) is 4.39 Å². The molecule has 0 unspecified atom stereocenters. The standard InChI is InChI=1S/C4H9F.C3H5NO4S/c1-2-3-4-5;1-2-3(5)8-4-9(6)7/h2-4H2,1H3;2,9H,1H2,(H,4,6,7). The molecular weight excluding hydrogens is 213 g/mol. The summed E-state index contributed by atoms with van der Waals surface area (Å²) < 4.78 is 30.3. The van der Waals surface area contributed by atoms with E-state index in [1.54, 1.807) is 0 Å². The Hall–Kier alpha value is -0.950. The van der Waals surface area contributed by atoms with Gasteiger partial charge in [-0.15, -0.1) is 0 Å². The molecule has 5 nitrogen and oxygen atoms in total. The summed E-state index contributed by atoms with van der Waals surface area (Å²) in [5.41, 5.74) is 0. The summed E-state index contributed by atoms with van der Waals surface area (Å²) in [5, 5.41) is 0. The van der Waals surface area contributed by atoms with Crippen LogP contribution in [-0.2, 0) is 20.5 Å². The van der Waals surface area contributed by atoms with Gasteiger partial charge in [-0.25, -0.2) is 13.2 Å². The van der Waals surface area contributed by atoms with Crippen LogP contribution < -0.4 is 4.89 Å². The monoisotopic (exact) mass is 227 g/mol. The van der Waals surface area contributed by atoms with Crippen LogP contribution in [0.25, 0.3) is 0 Å². The minimum Gasteiger partial charge on any atom is -0.352 e. The Morgan fingerprint density at radius 3 is 2.43 bits per heavy atom. The lowest BCUT2D eigenvalue weighted by atomic mass is 10.4. The second-order valence-corrected chi connectivity index (χ2v) is 2.71. The van der Waals surface area contributed by atoms with E-state index in [4.69, 9.17) is 0 Å². The quantitative estimate of drug-likeness (QED) is 0.407. The molecule has 0 aromatic heterocycles. The average molecular weight is 227 g/mol. The normalized spacial score (nSPS) is 8.79. The van der Waals surface area contributed by atoms with Gasteiger partial charge in [0.1, 0.15) is 0 Å². The smallest absolute Gasteiger partial charge is 0.349 e. The zero-order valence-corrected chi connectivity index (χ0v) is 8.76. The zero-order valence-electron chi connectivity index (χ0n) is 7.86. The van der Waals surface area contributed by atoms with Crippen LogP contribution in [0.4, 0.5) is 4.39 Å². The summed E-state index contributed by atoms with van der Waals surface area (Å²) in [5.74, 6) is -0.839. The summed E-state index contributed by atoms with van der Waals surface area (Å²) in [6.45, 7) is 4.84. The van der Waals surface area contributed by atoms with E-state index >= 15 is 0 Å². The van der Waals surface area contributed by atoms with Crippen molar-refractivity contribution >= 4 is 16.9 Å². The Morgan fingerprint density at radius 2 is 2.21 bits per heavy atom. The fourth-order valence-electron chi connectivity index (χ4n) is 0.258. The maximum Gasteiger partial charge on any atom is 0.349 e. The average Bonchev–Trinajstić information content (AvgIpc) is 2.16. The van der Waals surface area contributed by atoms with Crippen LogP contribution in [-0.4, -0.2) is 21.1 Å². The predicted molar refractivity (Wildman–Crippen MR) is 50.6 cm³/mol. The first-order valence-electron chi connectivity index (χ1n) is 3.87. The van der Waals surface area contributed by atoms with Gasteiger partial charge in [-0.2, -0.15) is 0 Å². The van der Waals surface area contributed by atoms with Crippen LogP contribution in [0.15, 0.2) is 12.7 Å². The van der Waals surface area contributed by atoms with Gasteiger partial charge in [0, 0.05) is 6.08 Å². The Bertz CT molecular complexity index is 220. The highest BCUT2D eigenvalue weighted by molar-refractivity contribution is 7.70. The van der Waals surface area contributed by atoms with Crippen molar-refractivity contribution in [3.8, 4) is 0 Å². The molecular formula is C7H14FNO4S. The third-order valence-electron chi connectivity index (χ3n) is 0.875. The highest BCUT2D eigenvalue weighted by Crippen LogP contribution is 1.83. The predicted octanol–water partition coefficient (Wildman–Crippen LogP) is 0.503. The maximum atomic E-state index is 11.0. The minimum atomic E-state index is -2.88. The highest BCUT2D eigenvalue weighted by atomic mass is 32.2. The molecule has 0 aliphatic rings. The number of thiol groups is 1. The summed E-state index contributed by atoms with van der Waals surface area (Å²) >= 11 is 0. The first-order chi connectivity index (χ1) is 6.58. The van der Waals surface area contributed by atoms with Gasteiger partial charge in [-0.1, -0.05) is 19.9 Å². The van der Waals surface area contributed by atoms with Crippen molar-refractivity contribution in [2.45, 2.75) is 19.8 Å². The molecule has 0 amide bonds. The van der Waals surface area contributed by atoms with Gasteiger partial charge >= 0.3 is 5.97 Å². The van der Waals surface area contributed by atoms with E-state index in [0.29, 0.717) is 0 Å². The topological polar surface area (TPSA) is 72.5 Å². The number of hydrogen-bond donors (Lipinski definition) is 2. The fraction of sp³-hybridized carbons (Fsp3) is 0.571. The number of alkyl halides is 1. The van der Waals surface area contributed by atoms with E-state index < -0.39 is 16.9 Å². The maximum absolute atomic E-state index is 11.0. The molecule has 0 aliphatic carbocycles. The van der Waals surface area contributed by atoms with Crippen molar-refractivity contribution in [2.24, 2.45) is 0 Å².